The molecule has 1 rings (SSSR count). The van der Waals surface area contributed by atoms with Gasteiger partial charge in [0.15, 0.2) is 0 Å². The molecule has 0 heterocycles. The lowest BCUT2D eigenvalue weighted by atomic mass is 10.2. The summed E-state index contributed by atoms with van der Waals surface area (Å²) in [4.78, 5) is 0. The third-order valence-electron chi connectivity index (χ3n) is 2.07. The molecule has 0 aliphatic carbocycles. The van der Waals surface area contributed by atoms with Crippen LogP contribution < -0.4 is 10.1 Å². The average molecular weight is 351 g/mol. The predicted octanol–water partition coefficient (Wildman–Crippen LogP) is 4.11. The van der Waals surface area contributed by atoms with Gasteiger partial charge in [-0.3, -0.25) is 0 Å². The fraction of sp³-hybridized carbons (Fsp3) is 0.500. The summed E-state index contributed by atoms with van der Waals surface area (Å²) < 4.78 is 7.70. The lowest BCUT2D eigenvalue weighted by Gasteiger charge is -2.15. The maximum absolute atomic E-state index is 5.65. The zero-order valence-electron chi connectivity index (χ0n) is 9.81. The van der Waals surface area contributed by atoms with Crippen molar-refractivity contribution >= 4 is 31.9 Å². The summed E-state index contributed by atoms with van der Waals surface area (Å²) in [5.41, 5.74) is 1.16. The van der Waals surface area contributed by atoms with Gasteiger partial charge in [0.2, 0.25) is 0 Å². The molecule has 0 amide bonds. The van der Waals surface area contributed by atoms with Gasteiger partial charge in [-0.05, 0) is 35.0 Å². The highest BCUT2D eigenvalue weighted by molar-refractivity contribution is 9.11. The van der Waals surface area contributed by atoms with E-state index in [4.69, 9.17) is 4.74 Å². The Bertz CT molecular complexity index is 353. The highest BCUT2D eigenvalue weighted by Crippen LogP contribution is 2.32. The van der Waals surface area contributed by atoms with E-state index in [2.05, 4.69) is 57.1 Å². The molecule has 4 heteroatoms. The van der Waals surface area contributed by atoms with Crippen LogP contribution in [0.25, 0.3) is 0 Å². The monoisotopic (exact) mass is 349 g/mol. The van der Waals surface area contributed by atoms with Gasteiger partial charge in [0.25, 0.3) is 0 Å². The first-order chi connectivity index (χ1) is 7.54. The van der Waals surface area contributed by atoms with Gasteiger partial charge in [0.05, 0.1) is 11.1 Å². The summed E-state index contributed by atoms with van der Waals surface area (Å²) in [6.07, 6.45) is 0. The molecule has 0 aliphatic heterocycles. The van der Waals surface area contributed by atoms with Crippen molar-refractivity contribution in [3.8, 4) is 5.75 Å². The fourth-order valence-corrected chi connectivity index (χ4v) is 2.79. The van der Waals surface area contributed by atoms with Gasteiger partial charge in [0.1, 0.15) is 5.75 Å². The highest BCUT2D eigenvalue weighted by atomic mass is 79.9. The standard InChI is InChI=1S/C12H17Br2NO/c1-4-16-12-9(7-15-8(2)3)5-10(13)6-11(12)14/h5-6,8,15H,4,7H2,1-3H3. The van der Waals surface area contributed by atoms with Gasteiger partial charge in [-0.2, -0.15) is 0 Å². The zero-order chi connectivity index (χ0) is 12.1. The smallest absolute Gasteiger partial charge is 0.138 e. The Labute approximate surface area is 114 Å². The van der Waals surface area contributed by atoms with Crippen LogP contribution in [0.15, 0.2) is 21.1 Å². The topological polar surface area (TPSA) is 21.3 Å². The summed E-state index contributed by atoms with van der Waals surface area (Å²) in [6, 6.07) is 4.56. The predicted molar refractivity (Wildman–Crippen MR) is 75.0 cm³/mol. The van der Waals surface area contributed by atoms with Crippen molar-refractivity contribution < 1.29 is 4.74 Å². The Morgan fingerprint density at radius 3 is 2.56 bits per heavy atom. The molecule has 90 valence electrons. The SMILES string of the molecule is CCOc1c(Br)cc(Br)cc1CNC(C)C. The number of halogens is 2. The minimum atomic E-state index is 0.465. The molecule has 0 unspecified atom stereocenters. The van der Waals surface area contributed by atoms with Crippen LogP contribution in [-0.4, -0.2) is 12.6 Å². The van der Waals surface area contributed by atoms with Crippen LogP contribution in [0.3, 0.4) is 0 Å². The maximum Gasteiger partial charge on any atom is 0.138 e. The van der Waals surface area contributed by atoms with Crippen molar-refractivity contribution in [2.45, 2.75) is 33.4 Å². The molecule has 2 nitrogen and oxygen atoms in total. The number of nitrogens with one attached hydrogen (secondary N) is 1. The number of hydrogen-bond donors (Lipinski definition) is 1. The van der Waals surface area contributed by atoms with Crippen LogP contribution in [0.2, 0.25) is 0 Å². The first kappa shape index (κ1) is 14.0. The Morgan fingerprint density at radius 2 is 2.00 bits per heavy atom. The molecule has 0 radical (unpaired) electrons. The largest absolute Gasteiger partial charge is 0.492 e. The van der Waals surface area contributed by atoms with Gasteiger partial charge >= 0.3 is 0 Å². The molecule has 0 spiro atoms. The third-order valence-corrected chi connectivity index (χ3v) is 3.12. The van der Waals surface area contributed by atoms with Crippen LogP contribution in [0.1, 0.15) is 26.3 Å². The molecule has 1 aromatic rings. The average Bonchev–Trinajstić information content (AvgIpc) is 2.19. The van der Waals surface area contributed by atoms with Crippen molar-refractivity contribution in [3.05, 3.63) is 26.6 Å². The number of benzene rings is 1. The summed E-state index contributed by atoms with van der Waals surface area (Å²) in [5.74, 6) is 0.929. The lowest BCUT2D eigenvalue weighted by Crippen LogP contribution is -2.22. The van der Waals surface area contributed by atoms with Crippen molar-refractivity contribution in [2.24, 2.45) is 0 Å². The fourth-order valence-electron chi connectivity index (χ4n) is 1.37. The molecule has 16 heavy (non-hydrogen) atoms. The van der Waals surface area contributed by atoms with Crippen molar-refractivity contribution in [2.75, 3.05) is 6.61 Å². The van der Waals surface area contributed by atoms with E-state index in [1.54, 1.807) is 0 Å². The first-order valence-electron chi connectivity index (χ1n) is 5.38. The van der Waals surface area contributed by atoms with Crippen LogP contribution in [-0.2, 0) is 6.54 Å². The second kappa shape index (κ2) is 6.62. The van der Waals surface area contributed by atoms with E-state index >= 15 is 0 Å². The molecule has 0 atom stereocenters. The minimum absolute atomic E-state index is 0.465. The van der Waals surface area contributed by atoms with E-state index in [-0.39, 0.29) is 0 Å². The molecule has 0 fully saturated rings. The summed E-state index contributed by atoms with van der Waals surface area (Å²) in [7, 11) is 0. The Balaban J connectivity index is 2.94. The van der Waals surface area contributed by atoms with Gasteiger partial charge in [-0.25, -0.2) is 0 Å². The van der Waals surface area contributed by atoms with Gasteiger partial charge in [-0.15, -0.1) is 0 Å². The lowest BCUT2D eigenvalue weighted by molar-refractivity contribution is 0.332. The Kier molecular flexibility index (Phi) is 5.79. The molecular weight excluding hydrogens is 334 g/mol. The molecule has 0 saturated heterocycles. The van der Waals surface area contributed by atoms with E-state index in [1.165, 1.54) is 0 Å². The zero-order valence-corrected chi connectivity index (χ0v) is 13.0. The van der Waals surface area contributed by atoms with E-state index in [0.29, 0.717) is 12.6 Å². The van der Waals surface area contributed by atoms with E-state index in [0.717, 1.165) is 26.8 Å². The third kappa shape index (κ3) is 4.07. The molecule has 0 aliphatic rings. The molecular formula is C12H17Br2NO. The van der Waals surface area contributed by atoms with E-state index < -0.39 is 0 Å². The van der Waals surface area contributed by atoms with E-state index in [9.17, 15) is 0 Å². The van der Waals surface area contributed by atoms with Crippen LogP contribution in [0.4, 0.5) is 0 Å². The molecule has 0 aromatic heterocycles. The van der Waals surface area contributed by atoms with Gasteiger partial charge < -0.3 is 10.1 Å². The van der Waals surface area contributed by atoms with Crippen molar-refractivity contribution in [3.63, 3.8) is 0 Å². The Hall–Kier alpha value is -0.0600. The van der Waals surface area contributed by atoms with Crippen LogP contribution >= 0.6 is 31.9 Å². The second-order valence-electron chi connectivity index (χ2n) is 3.84. The van der Waals surface area contributed by atoms with Gasteiger partial charge in [-0.1, -0.05) is 29.8 Å². The molecule has 0 bridgehead atoms. The van der Waals surface area contributed by atoms with Crippen LogP contribution in [0, 0.1) is 0 Å². The number of rotatable bonds is 5. The normalized spacial score (nSPS) is 10.9. The first-order valence-corrected chi connectivity index (χ1v) is 6.97. The van der Waals surface area contributed by atoms with Crippen molar-refractivity contribution in [1.29, 1.82) is 0 Å². The van der Waals surface area contributed by atoms with Gasteiger partial charge in [0, 0.05) is 22.6 Å². The number of ether oxygens (including phenoxy) is 1. The molecule has 1 N–H and O–H groups in total. The van der Waals surface area contributed by atoms with E-state index in [1.807, 2.05) is 13.0 Å². The summed E-state index contributed by atoms with van der Waals surface area (Å²) in [6.45, 7) is 7.74. The molecule has 1 aromatic carbocycles. The quantitative estimate of drug-likeness (QED) is 0.862. The molecule has 0 saturated carbocycles. The highest BCUT2D eigenvalue weighted by Gasteiger charge is 2.10. The Morgan fingerprint density at radius 1 is 1.31 bits per heavy atom. The van der Waals surface area contributed by atoms with Crippen molar-refractivity contribution in [1.82, 2.24) is 5.32 Å². The number of hydrogen-bond acceptors (Lipinski definition) is 2. The summed E-state index contributed by atoms with van der Waals surface area (Å²) >= 11 is 7.02. The minimum Gasteiger partial charge on any atom is -0.492 e. The summed E-state index contributed by atoms with van der Waals surface area (Å²) in [5, 5.41) is 3.39. The maximum atomic E-state index is 5.65. The van der Waals surface area contributed by atoms with Crippen LogP contribution in [0.5, 0.6) is 5.75 Å². The second-order valence-corrected chi connectivity index (χ2v) is 5.61.